The number of benzene rings is 1. The van der Waals surface area contributed by atoms with Crippen LogP contribution in [0.15, 0.2) is 59.9 Å². The lowest BCUT2D eigenvalue weighted by atomic mass is 10.3. The third-order valence-corrected chi connectivity index (χ3v) is 5.87. The Morgan fingerprint density at radius 2 is 1.81 bits per heavy atom. The first-order valence-electron chi connectivity index (χ1n) is 8.78. The number of rotatable bonds is 6. The molecule has 0 radical (unpaired) electrons. The molecule has 0 saturated carbocycles. The van der Waals surface area contributed by atoms with Crippen molar-refractivity contribution in [3.05, 3.63) is 60.8 Å². The summed E-state index contributed by atoms with van der Waals surface area (Å²) >= 11 is 0. The topological polar surface area (TPSA) is 93.0 Å². The highest BCUT2D eigenvalue weighted by atomic mass is 32.2. The van der Waals surface area contributed by atoms with Gasteiger partial charge in [-0.3, -0.25) is 0 Å². The number of aromatic nitrogens is 4. The predicted octanol–water partition coefficient (Wildman–Crippen LogP) is 1.74. The number of sulfonamides is 1. The maximum Gasteiger partial charge on any atom is 0.240 e. The Morgan fingerprint density at radius 3 is 2.52 bits per heavy atom. The van der Waals surface area contributed by atoms with Crippen LogP contribution in [0.2, 0.25) is 0 Å². The Hall–Kier alpha value is -2.78. The van der Waals surface area contributed by atoms with Gasteiger partial charge in [-0.1, -0.05) is 0 Å². The first kappa shape index (κ1) is 17.6. The van der Waals surface area contributed by atoms with E-state index >= 15 is 0 Å². The molecule has 1 saturated heterocycles. The summed E-state index contributed by atoms with van der Waals surface area (Å²) in [6, 6.07) is 10.2. The molecule has 0 bridgehead atoms. The minimum atomic E-state index is -3.65. The zero-order chi connectivity index (χ0) is 18.7. The second-order valence-electron chi connectivity index (χ2n) is 6.29. The van der Waals surface area contributed by atoms with Crippen LogP contribution in [0.5, 0.6) is 0 Å². The van der Waals surface area contributed by atoms with Gasteiger partial charge in [-0.2, -0.15) is 5.10 Å². The van der Waals surface area contributed by atoms with E-state index in [0.717, 1.165) is 37.4 Å². The van der Waals surface area contributed by atoms with E-state index < -0.39 is 10.0 Å². The first-order valence-corrected chi connectivity index (χ1v) is 10.3. The Balaban J connectivity index is 1.45. The molecule has 140 valence electrons. The van der Waals surface area contributed by atoms with Gasteiger partial charge in [0.15, 0.2) is 0 Å². The van der Waals surface area contributed by atoms with Crippen LogP contribution in [0.3, 0.4) is 0 Å². The molecule has 0 unspecified atom stereocenters. The molecule has 2 aromatic heterocycles. The minimum absolute atomic E-state index is 0.0465. The third kappa shape index (κ3) is 3.99. The van der Waals surface area contributed by atoms with Crippen molar-refractivity contribution < 1.29 is 8.42 Å². The lowest BCUT2D eigenvalue weighted by Gasteiger charge is -2.16. The summed E-state index contributed by atoms with van der Waals surface area (Å²) in [5, 5.41) is 4.13. The molecular formula is C18H20N6O2S. The number of hydrogen-bond acceptors (Lipinski definition) is 6. The molecule has 0 aliphatic carbocycles. The molecule has 9 heteroatoms. The molecule has 1 aliphatic heterocycles. The number of nitrogens with one attached hydrogen (secondary N) is 1. The summed E-state index contributed by atoms with van der Waals surface area (Å²) < 4.78 is 29.3. The third-order valence-electron chi connectivity index (χ3n) is 4.46. The van der Waals surface area contributed by atoms with Crippen molar-refractivity contribution in [2.75, 3.05) is 18.0 Å². The second-order valence-corrected chi connectivity index (χ2v) is 8.06. The van der Waals surface area contributed by atoms with Crippen molar-refractivity contribution in [2.24, 2.45) is 0 Å². The molecule has 4 rings (SSSR count). The largest absolute Gasteiger partial charge is 0.357 e. The lowest BCUT2D eigenvalue weighted by molar-refractivity contribution is 0.579. The molecule has 0 amide bonds. The molecule has 0 atom stereocenters. The zero-order valence-electron chi connectivity index (χ0n) is 14.7. The van der Waals surface area contributed by atoms with Gasteiger partial charge in [0, 0.05) is 31.7 Å². The second kappa shape index (κ2) is 7.45. The van der Waals surface area contributed by atoms with Gasteiger partial charge in [0.2, 0.25) is 10.0 Å². The molecule has 8 nitrogen and oxygen atoms in total. The highest BCUT2D eigenvalue weighted by Gasteiger charge is 2.17. The van der Waals surface area contributed by atoms with Crippen molar-refractivity contribution in [1.82, 2.24) is 24.5 Å². The molecule has 1 aliphatic rings. The molecule has 0 spiro atoms. The monoisotopic (exact) mass is 384 g/mol. The van der Waals surface area contributed by atoms with E-state index in [1.54, 1.807) is 47.5 Å². The summed E-state index contributed by atoms with van der Waals surface area (Å²) in [5.74, 6) is 1.30. The lowest BCUT2D eigenvalue weighted by Crippen LogP contribution is -2.25. The van der Waals surface area contributed by atoms with E-state index in [9.17, 15) is 8.42 Å². The molecule has 27 heavy (non-hydrogen) atoms. The quantitative estimate of drug-likeness (QED) is 0.696. The molecule has 3 aromatic rings. The molecule has 1 N–H and O–H groups in total. The van der Waals surface area contributed by atoms with Gasteiger partial charge >= 0.3 is 0 Å². The number of anilines is 1. The highest BCUT2D eigenvalue weighted by molar-refractivity contribution is 7.89. The smallest absolute Gasteiger partial charge is 0.240 e. The molecule has 3 heterocycles. The van der Waals surface area contributed by atoms with E-state index in [-0.39, 0.29) is 11.4 Å². The van der Waals surface area contributed by atoms with Crippen LogP contribution < -0.4 is 9.62 Å². The predicted molar refractivity (Wildman–Crippen MR) is 101 cm³/mol. The summed E-state index contributed by atoms with van der Waals surface area (Å²) in [6.45, 7) is 2.00. The Kier molecular flexibility index (Phi) is 4.87. The average molecular weight is 384 g/mol. The van der Waals surface area contributed by atoms with Gasteiger partial charge in [-0.15, -0.1) is 0 Å². The average Bonchev–Trinajstić information content (AvgIpc) is 3.41. The number of nitrogens with zero attached hydrogens (tertiary/aromatic N) is 5. The van der Waals surface area contributed by atoms with Gasteiger partial charge in [-0.25, -0.2) is 27.8 Å². The van der Waals surface area contributed by atoms with Gasteiger partial charge in [0.25, 0.3) is 0 Å². The normalized spacial score (nSPS) is 14.6. The fourth-order valence-electron chi connectivity index (χ4n) is 3.04. The van der Waals surface area contributed by atoms with Crippen LogP contribution in [-0.2, 0) is 16.6 Å². The van der Waals surface area contributed by atoms with E-state index in [1.807, 2.05) is 12.1 Å². The molecule has 1 fully saturated rings. The Bertz CT molecular complexity index is 997. The van der Waals surface area contributed by atoms with E-state index in [1.165, 1.54) is 0 Å². The summed E-state index contributed by atoms with van der Waals surface area (Å²) in [7, 11) is -3.65. The van der Waals surface area contributed by atoms with E-state index in [0.29, 0.717) is 5.82 Å². The van der Waals surface area contributed by atoms with Crippen LogP contribution in [-0.4, -0.2) is 41.3 Å². The van der Waals surface area contributed by atoms with Crippen LogP contribution in [0.4, 0.5) is 5.82 Å². The van der Waals surface area contributed by atoms with Gasteiger partial charge < -0.3 is 4.90 Å². The van der Waals surface area contributed by atoms with Crippen molar-refractivity contribution in [3.63, 3.8) is 0 Å². The fourth-order valence-corrected chi connectivity index (χ4v) is 4.02. The SMILES string of the molecule is O=S(=O)(NCc1nccc(N2CCCC2)n1)c1ccc(-n2cccn2)cc1. The maximum atomic E-state index is 12.5. The van der Waals surface area contributed by atoms with Crippen LogP contribution in [0.25, 0.3) is 5.69 Å². The van der Waals surface area contributed by atoms with E-state index in [2.05, 4.69) is 24.7 Å². The molecular weight excluding hydrogens is 364 g/mol. The Morgan fingerprint density at radius 1 is 1.04 bits per heavy atom. The van der Waals surface area contributed by atoms with Crippen molar-refractivity contribution >= 4 is 15.8 Å². The summed E-state index contributed by atoms with van der Waals surface area (Å²) in [4.78, 5) is 11.0. The van der Waals surface area contributed by atoms with Crippen molar-refractivity contribution in [3.8, 4) is 5.69 Å². The number of hydrogen-bond donors (Lipinski definition) is 1. The zero-order valence-corrected chi connectivity index (χ0v) is 15.5. The van der Waals surface area contributed by atoms with Crippen molar-refractivity contribution in [2.45, 2.75) is 24.3 Å². The van der Waals surface area contributed by atoms with Crippen LogP contribution in [0.1, 0.15) is 18.7 Å². The van der Waals surface area contributed by atoms with E-state index in [4.69, 9.17) is 0 Å². The first-order chi connectivity index (χ1) is 13.1. The standard InChI is InChI=1S/C18H20N6O2S/c25-27(26,16-6-4-15(5-7-16)24-13-3-9-20-24)21-14-17-19-10-8-18(22-17)23-11-1-2-12-23/h3-10,13,21H,1-2,11-12,14H2. The summed E-state index contributed by atoms with van der Waals surface area (Å²) in [6.07, 6.45) is 7.44. The maximum absolute atomic E-state index is 12.5. The van der Waals surface area contributed by atoms with Gasteiger partial charge in [-0.05, 0) is 49.2 Å². The van der Waals surface area contributed by atoms with Gasteiger partial charge in [0.1, 0.15) is 11.6 Å². The van der Waals surface area contributed by atoms with Crippen LogP contribution in [0, 0.1) is 0 Å². The van der Waals surface area contributed by atoms with Crippen molar-refractivity contribution in [1.29, 1.82) is 0 Å². The summed E-state index contributed by atoms with van der Waals surface area (Å²) in [5.41, 5.74) is 0.792. The highest BCUT2D eigenvalue weighted by Crippen LogP contribution is 2.17. The minimum Gasteiger partial charge on any atom is -0.357 e. The van der Waals surface area contributed by atoms with Gasteiger partial charge in [0.05, 0.1) is 17.1 Å². The van der Waals surface area contributed by atoms with Crippen LogP contribution >= 0.6 is 0 Å². The fraction of sp³-hybridized carbons (Fsp3) is 0.278. The molecule has 1 aromatic carbocycles. The Labute approximate surface area is 157 Å².